The number of nitriles is 2. The van der Waals surface area contributed by atoms with Crippen molar-refractivity contribution in [3.63, 3.8) is 0 Å². The molecule has 0 fully saturated rings. The zero-order valence-corrected chi connectivity index (χ0v) is 15.8. The lowest BCUT2D eigenvalue weighted by molar-refractivity contribution is -0.138. The first-order valence-corrected chi connectivity index (χ1v) is 8.70. The zero-order chi connectivity index (χ0) is 23.5. The first-order valence-electron chi connectivity index (χ1n) is 8.70. The average molecular weight is 448 g/mol. The third kappa shape index (κ3) is 5.10. The van der Waals surface area contributed by atoms with Crippen LogP contribution in [-0.4, -0.2) is 0 Å². The molecule has 4 nitrogen and oxygen atoms in total. The minimum Gasteiger partial charge on any atom is -0.457 e. The fraction of sp³-hybridized carbons (Fsp3) is 0.0909. The summed E-state index contributed by atoms with van der Waals surface area (Å²) < 4.78 is 89.4. The van der Waals surface area contributed by atoms with Gasteiger partial charge in [0, 0.05) is 6.07 Å². The molecule has 0 saturated heterocycles. The van der Waals surface area contributed by atoms with E-state index in [0.29, 0.717) is 12.1 Å². The van der Waals surface area contributed by atoms with Crippen LogP contribution in [0.25, 0.3) is 0 Å². The van der Waals surface area contributed by atoms with E-state index in [2.05, 4.69) is 0 Å². The lowest BCUT2D eigenvalue weighted by atomic mass is 10.1. The summed E-state index contributed by atoms with van der Waals surface area (Å²) in [6.07, 6.45) is -9.53. The summed E-state index contributed by atoms with van der Waals surface area (Å²) in [7, 11) is 0. The third-order valence-electron chi connectivity index (χ3n) is 4.11. The van der Waals surface area contributed by atoms with E-state index in [-0.39, 0.29) is 23.0 Å². The van der Waals surface area contributed by atoms with Gasteiger partial charge in [0.25, 0.3) is 0 Å². The van der Waals surface area contributed by atoms with Crippen LogP contribution in [0.5, 0.6) is 23.0 Å². The Morgan fingerprint density at radius 2 is 0.938 bits per heavy atom. The van der Waals surface area contributed by atoms with Gasteiger partial charge in [0.15, 0.2) is 0 Å². The van der Waals surface area contributed by atoms with E-state index in [1.54, 1.807) is 0 Å². The maximum atomic E-state index is 13.1. The highest BCUT2D eigenvalue weighted by atomic mass is 19.4. The fourth-order valence-corrected chi connectivity index (χ4v) is 2.71. The van der Waals surface area contributed by atoms with E-state index in [1.165, 1.54) is 48.5 Å². The Bertz CT molecular complexity index is 1140. The van der Waals surface area contributed by atoms with Gasteiger partial charge in [0.2, 0.25) is 0 Å². The largest absolute Gasteiger partial charge is 0.457 e. The van der Waals surface area contributed by atoms with Crippen LogP contribution in [0.15, 0.2) is 60.7 Å². The number of ether oxygens (including phenoxy) is 2. The molecule has 0 heterocycles. The second kappa shape index (κ2) is 8.52. The summed E-state index contributed by atoms with van der Waals surface area (Å²) in [4.78, 5) is 0. The Kier molecular flexibility index (Phi) is 5.99. The van der Waals surface area contributed by atoms with Gasteiger partial charge in [-0.05, 0) is 48.5 Å². The van der Waals surface area contributed by atoms with E-state index in [4.69, 9.17) is 20.0 Å². The Labute approximate surface area is 177 Å². The van der Waals surface area contributed by atoms with Crippen molar-refractivity contribution in [1.29, 1.82) is 10.5 Å². The molecule has 0 bridgehead atoms. The molecule has 0 unspecified atom stereocenters. The molecule has 32 heavy (non-hydrogen) atoms. The maximum absolute atomic E-state index is 13.1. The van der Waals surface area contributed by atoms with Crippen LogP contribution >= 0.6 is 0 Å². The third-order valence-corrected chi connectivity index (χ3v) is 4.11. The molecule has 3 rings (SSSR count). The molecular formula is C22H10F6N2O2. The first kappa shape index (κ1) is 22.5. The van der Waals surface area contributed by atoms with Gasteiger partial charge in [-0.2, -0.15) is 36.9 Å². The predicted octanol–water partition coefficient (Wildman–Crippen LogP) is 7.05. The van der Waals surface area contributed by atoms with Gasteiger partial charge in [-0.25, -0.2) is 0 Å². The van der Waals surface area contributed by atoms with Crippen molar-refractivity contribution in [3.8, 4) is 35.1 Å². The maximum Gasteiger partial charge on any atom is 0.417 e. The number of halogens is 6. The highest BCUT2D eigenvalue weighted by Crippen LogP contribution is 2.37. The van der Waals surface area contributed by atoms with Gasteiger partial charge in [-0.15, -0.1) is 0 Å². The van der Waals surface area contributed by atoms with E-state index in [1.807, 2.05) is 0 Å². The van der Waals surface area contributed by atoms with Crippen molar-refractivity contribution < 1.29 is 35.8 Å². The molecule has 0 aliphatic carbocycles. The summed E-state index contributed by atoms with van der Waals surface area (Å²) in [6.45, 7) is 0. The number of rotatable bonds is 4. The van der Waals surface area contributed by atoms with Crippen molar-refractivity contribution in [1.82, 2.24) is 0 Å². The average Bonchev–Trinajstić information content (AvgIpc) is 2.73. The Morgan fingerprint density at radius 3 is 1.28 bits per heavy atom. The first-order chi connectivity index (χ1) is 15.0. The molecule has 0 amide bonds. The molecular weight excluding hydrogens is 438 g/mol. The fourth-order valence-electron chi connectivity index (χ4n) is 2.71. The smallest absolute Gasteiger partial charge is 0.417 e. The summed E-state index contributed by atoms with van der Waals surface area (Å²) in [5.41, 5.74) is -3.46. The number of hydrogen-bond donors (Lipinski definition) is 0. The molecule has 0 aromatic heterocycles. The van der Waals surface area contributed by atoms with Gasteiger partial charge in [0.05, 0.1) is 34.4 Å². The second-order valence-electron chi connectivity index (χ2n) is 6.31. The van der Waals surface area contributed by atoms with E-state index < -0.39 is 34.6 Å². The van der Waals surface area contributed by atoms with E-state index in [9.17, 15) is 26.3 Å². The zero-order valence-electron chi connectivity index (χ0n) is 15.8. The topological polar surface area (TPSA) is 66.0 Å². The van der Waals surface area contributed by atoms with Crippen LogP contribution in [0.3, 0.4) is 0 Å². The normalized spacial score (nSPS) is 11.4. The van der Waals surface area contributed by atoms with Crippen molar-refractivity contribution in [3.05, 3.63) is 82.9 Å². The molecule has 0 atom stereocenters. The lowest BCUT2D eigenvalue weighted by Gasteiger charge is -2.13. The molecule has 0 spiro atoms. The van der Waals surface area contributed by atoms with Crippen LogP contribution in [0, 0.1) is 22.7 Å². The second-order valence-corrected chi connectivity index (χ2v) is 6.31. The lowest BCUT2D eigenvalue weighted by Crippen LogP contribution is -2.08. The number of benzene rings is 3. The van der Waals surface area contributed by atoms with E-state index in [0.717, 1.165) is 12.1 Å². The standard InChI is InChI=1S/C22H10F6N2O2/c23-21(24,25)19-9-17(6-4-13(19)11-29)31-15-2-1-3-16(8-15)32-18-7-5-14(12-30)20(10-18)22(26,27)28/h1-10H. The molecule has 0 aliphatic heterocycles. The Morgan fingerprint density at radius 1 is 0.562 bits per heavy atom. The molecule has 162 valence electrons. The molecule has 3 aromatic carbocycles. The number of alkyl halides is 6. The van der Waals surface area contributed by atoms with Crippen molar-refractivity contribution in [2.24, 2.45) is 0 Å². The summed E-state index contributed by atoms with van der Waals surface area (Å²) >= 11 is 0. The SMILES string of the molecule is N#Cc1ccc(Oc2cccc(Oc3ccc(C#N)c(C(F)(F)F)c3)c2)cc1C(F)(F)F. The van der Waals surface area contributed by atoms with Crippen LogP contribution in [0.4, 0.5) is 26.3 Å². The molecule has 0 N–H and O–H groups in total. The number of hydrogen-bond acceptors (Lipinski definition) is 4. The van der Waals surface area contributed by atoms with Gasteiger partial charge >= 0.3 is 12.4 Å². The van der Waals surface area contributed by atoms with Gasteiger partial charge in [-0.1, -0.05) is 6.07 Å². The van der Waals surface area contributed by atoms with Crippen molar-refractivity contribution in [2.45, 2.75) is 12.4 Å². The van der Waals surface area contributed by atoms with Crippen molar-refractivity contribution in [2.75, 3.05) is 0 Å². The summed E-state index contributed by atoms with van der Waals surface area (Å²) in [5.74, 6) is -0.313. The highest BCUT2D eigenvalue weighted by molar-refractivity contribution is 5.48. The van der Waals surface area contributed by atoms with Crippen LogP contribution in [0.2, 0.25) is 0 Å². The predicted molar refractivity (Wildman–Crippen MR) is 98.9 cm³/mol. The molecule has 0 aliphatic rings. The molecule has 0 saturated carbocycles. The monoisotopic (exact) mass is 448 g/mol. The van der Waals surface area contributed by atoms with Gasteiger partial charge in [0.1, 0.15) is 23.0 Å². The summed E-state index contributed by atoms with van der Waals surface area (Å²) in [6, 6.07) is 14.0. The molecule has 3 aromatic rings. The van der Waals surface area contributed by atoms with Gasteiger partial charge in [-0.3, -0.25) is 0 Å². The Balaban J connectivity index is 1.86. The van der Waals surface area contributed by atoms with Crippen molar-refractivity contribution >= 4 is 0 Å². The van der Waals surface area contributed by atoms with E-state index >= 15 is 0 Å². The molecule has 10 heteroatoms. The van der Waals surface area contributed by atoms with Crippen LogP contribution < -0.4 is 9.47 Å². The quantitative estimate of drug-likeness (QED) is 0.401. The Hall–Kier alpha value is -4.18. The minimum atomic E-state index is -4.76. The minimum absolute atomic E-state index is 0.0463. The van der Waals surface area contributed by atoms with Crippen LogP contribution in [0.1, 0.15) is 22.3 Å². The van der Waals surface area contributed by atoms with Crippen LogP contribution in [-0.2, 0) is 12.4 Å². The van der Waals surface area contributed by atoms with Gasteiger partial charge < -0.3 is 9.47 Å². The molecule has 0 radical (unpaired) electrons. The number of nitrogens with zero attached hydrogens (tertiary/aromatic N) is 2. The highest BCUT2D eigenvalue weighted by Gasteiger charge is 2.35. The summed E-state index contributed by atoms with van der Waals surface area (Å²) in [5, 5.41) is 17.7.